The lowest BCUT2D eigenvalue weighted by Crippen LogP contribution is -2.32. The van der Waals surface area contributed by atoms with E-state index in [0.29, 0.717) is 30.8 Å². The summed E-state index contributed by atoms with van der Waals surface area (Å²) in [6, 6.07) is 5.39. The summed E-state index contributed by atoms with van der Waals surface area (Å²) in [4.78, 5) is 24.2. The lowest BCUT2D eigenvalue weighted by Gasteiger charge is -2.39. The van der Waals surface area contributed by atoms with Gasteiger partial charge in [0.1, 0.15) is 11.3 Å². The van der Waals surface area contributed by atoms with Crippen LogP contribution in [0.3, 0.4) is 0 Å². The Morgan fingerprint density at radius 1 is 1.21 bits per heavy atom. The molecule has 0 aliphatic carbocycles. The summed E-state index contributed by atoms with van der Waals surface area (Å²) in [6.45, 7) is 7.06. The van der Waals surface area contributed by atoms with Gasteiger partial charge >= 0.3 is 5.97 Å². The summed E-state index contributed by atoms with van der Waals surface area (Å²) in [6.07, 6.45) is 6.50. The fourth-order valence-corrected chi connectivity index (χ4v) is 4.50. The molecular formula is C25H29N3O5. The zero-order chi connectivity index (χ0) is 23.9. The first-order valence-corrected chi connectivity index (χ1v) is 11.0. The van der Waals surface area contributed by atoms with Crippen LogP contribution in [0.2, 0.25) is 0 Å². The first-order chi connectivity index (χ1) is 15.6. The second-order valence-corrected chi connectivity index (χ2v) is 9.51. The molecule has 0 fully saturated rings. The molecule has 3 aromatic rings. The number of aliphatic hydroxyl groups excluding tert-OH is 1. The van der Waals surface area contributed by atoms with Gasteiger partial charge in [-0.1, -0.05) is 20.8 Å². The van der Waals surface area contributed by atoms with Crippen LogP contribution >= 0.6 is 0 Å². The topological polar surface area (TPSA) is 107 Å². The largest absolute Gasteiger partial charge is 0.496 e. The maximum absolute atomic E-state index is 12.6. The van der Waals surface area contributed by atoms with Gasteiger partial charge in [-0.2, -0.15) is 5.10 Å². The molecule has 0 amide bonds. The molecule has 0 radical (unpaired) electrons. The summed E-state index contributed by atoms with van der Waals surface area (Å²) in [7, 11) is 1.60. The van der Waals surface area contributed by atoms with Crippen molar-refractivity contribution < 1.29 is 19.7 Å². The Bertz CT molecular complexity index is 1270. The summed E-state index contributed by atoms with van der Waals surface area (Å²) < 4.78 is 9.43. The van der Waals surface area contributed by atoms with Crippen molar-refractivity contribution in [2.45, 2.75) is 46.2 Å². The van der Waals surface area contributed by atoms with Crippen molar-refractivity contribution in [1.82, 2.24) is 14.3 Å². The number of benzene rings is 1. The van der Waals surface area contributed by atoms with E-state index in [9.17, 15) is 14.7 Å². The number of aromatic nitrogens is 3. The Balaban J connectivity index is 1.90. The number of aromatic carboxylic acids is 1. The molecule has 0 saturated carbocycles. The fourth-order valence-electron chi connectivity index (χ4n) is 4.50. The normalized spacial score (nSPS) is 15.1. The number of hydrogen-bond donors (Lipinski definition) is 2. The smallest absolute Gasteiger partial charge is 0.341 e. The van der Waals surface area contributed by atoms with Crippen LogP contribution in [0.1, 0.15) is 49.2 Å². The highest BCUT2D eigenvalue weighted by Crippen LogP contribution is 2.45. The standard InChI is InChI=1S/C25H29N3O5/c1-25(2,3)23-9-15-8-18(16-12-26-27(13-16)6-5-7-29)22(33-4)10-17(15)20-11-21(30)19(24(31)32)14-28(20)23/h8,10-14,23,29H,5-7,9H2,1-4H3,(H,31,32). The summed E-state index contributed by atoms with van der Waals surface area (Å²) in [5.41, 5.74) is 3.51. The second kappa shape index (κ2) is 8.51. The Hall–Kier alpha value is -3.39. The highest BCUT2D eigenvalue weighted by atomic mass is 16.5. The first kappa shape index (κ1) is 22.8. The van der Waals surface area contributed by atoms with Crippen LogP contribution in [-0.4, -0.2) is 44.2 Å². The van der Waals surface area contributed by atoms with Gasteiger partial charge in [0.2, 0.25) is 0 Å². The zero-order valence-electron chi connectivity index (χ0n) is 19.3. The minimum Gasteiger partial charge on any atom is -0.496 e. The number of carboxylic acid groups (broad SMARTS) is 1. The zero-order valence-corrected chi connectivity index (χ0v) is 19.3. The van der Waals surface area contributed by atoms with Gasteiger partial charge in [0.15, 0.2) is 5.43 Å². The number of methoxy groups -OCH3 is 1. The number of aryl methyl sites for hydroxylation is 1. The molecule has 8 nitrogen and oxygen atoms in total. The fraction of sp³-hybridized carbons (Fsp3) is 0.400. The molecule has 2 N–H and O–H groups in total. The molecule has 1 aliphatic heterocycles. The number of ether oxygens (including phenoxy) is 1. The predicted molar refractivity (Wildman–Crippen MR) is 125 cm³/mol. The van der Waals surface area contributed by atoms with Gasteiger partial charge in [-0.25, -0.2) is 4.79 Å². The predicted octanol–water partition coefficient (Wildman–Crippen LogP) is 3.61. The number of nitrogens with zero attached hydrogens (tertiary/aromatic N) is 3. The van der Waals surface area contributed by atoms with E-state index >= 15 is 0 Å². The average Bonchev–Trinajstić information content (AvgIpc) is 3.23. The van der Waals surface area contributed by atoms with E-state index in [4.69, 9.17) is 9.84 Å². The van der Waals surface area contributed by atoms with Crippen molar-refractivity contribution in [2.75, 3.05) is 13.7 Å². The van der Waals surface area contributed by atoms with E-state index in [-0.39, 0.29) is 23.6 Å². The van der Waals surface area contributed by atoms with Crippen molar-refractivity contribution in [2.24, 2.45) is 5.41 Å². The number of aliphatic hydroxyl groups is 1. The van der Waals surface area contributed by atoms with E-state index in [1.165, 1.54) is 12.3 Å². The summed E-state index contributed by atoms with van der Waals surface area (Å²) in [5, 5.41) is 23.0. The van der Waals surface area contributed by atoms with Crippen molar-refractivity contribution in [3.63, 3.8) is 0 Å². The van der Waals surface area contributed by atoms with Gasteiger partial charge in [0, 0.05) is 54.3 Å². The molecule has 1 aromatic carbocycles. The maximum atomic E-state index is 12.6. The minimum atomic E-state index is -1.22. The summed E-state index contributed by atoms with van der Waals surface area (Å²) >= 11 is 0. The average molecular weight is 452 g/mol. The van der Waals surface area contributed by atoms with E-state index in [1.807, 2.05) is 16.8 Å². The lowest BCUT2D eigenvalue weighted by molar-refractivity contribution is 0.0693. The monoisotopic (exact) mass is 451 g/mol. The summed E-state index contributed by atoms with van der Waals surface area (Å²) in [5.74, 6) is -0.578. The number of rotatable bonds is 6. The highest BCUT2D eigenvalue weighted by molar-refractivity contribution is 5.88. The molecule has 1 aliphatic rings. The number of pyridine rings is 1. The minimum absolute atomic E-state index is 0.0350. The first-order valence-electron chi connectivity index (χ1n) is 11.0. The number of carbonyl (C=O) groups is 1. The van der Waals surface area contributed by atoms with Gasteiger partial charge in [0.25, 0.3) is 0 Å². The molecule has 4 rings (SSSR count). The van der Waals surface area contributed by atoms with Crippen molar-refractivity contribution in [3.8, 4) is 28.1 Å². The van der Waals surface area contributed by atoms with Crippen molar-refractivity contribution in [3.05, 3.63) is 58.1 Å². The van der Waals surface area contributed by atoms with Gasteiger partial charge in [-0.05, 0) is 36.0 Å². The SMILES string of the molecule is COc1cc2c(cc1-c1cnn(CCCO)c1)CC(C(C)(C)C)n1cc(C(=O)O)c(=O)cc1-2. The van der Waals surface area contributed by atoms with Crippen LogP contribution in [0.15, 0.2) is 41.6 Å². The van der Waals surface area contributed by atoms with Crippen LogP contribution < -0.4 is 10.2 Å². The molecule has 33 heavy (non-hydrogen) atoms. The van der Waals surface area contributed by atoms with Crippen LogP contribution in [0.5, 0.6) is 5.75 Å². The van der Waals surface area contributed by atoms with Crippen molar-refractivity contribution >= 4 is 5.97 Å². The quantitative estimate of drug-likeness (QED) is 0.593. The Morgan fingerprint density at radius 3 is 2.61 bits per heavy atom. The Morgan fingerprint density at radius 2 is 1.97 bits per heavy atom. The van der Waals surface area contributed by atoms with Gasteiger partial charge in [-0.15, -0.1) is 0 Å². The number of carboxylic acids is 1. The van der Waals surface area contributed by atoms with Crippen molar-refractivity contribution in [1.29, 1.82) is 0 Å². The van der Waals surface area contributed by atoms with Gasteiger partial charge in [0.05, 0.1) is 19.0 Å². The highest BCUT2D eigenvalue weighted by Gasteiger charge is 2.34. The molecule has 8 heteroatoms. The van der Waals surface area contributed by atoms with Gasteiger partial charge < -0.3 is 19.5 Å². The van der Waals surface area contributed by atoms with Crippen LogP contribution in [0.4, 0.5) is 0 Å². The third-order valence-corrected chi connectivity index (χ3v) is 6.25. The second-order valence-electron chi connectivity index (χ2n) is 9.51. The lowest BCUT2D eigenvalue weighted by atomic mass is 9.78. The molecule has 2 aromatic heterocycles. The van der Waals surface area contributed by atoms with Crippen LogP contribution in [0.25, 0.3) is 22.4 Å². The number of hydrogen-bond acceptors (Lipinski definition) is 5. The molecule has 0 saturated heterocycles. The van der Waals surface area contributed by atoms with E-state index in [1.54, 1.807) is 18.0 Å². The number of fused-ring (bicyclic) bond motifs is 3. The maximum Gasteiger partial charge on any atom is 0.341 e. The Kier molecular flexibility index (Phi) is 5.88. The molecule has 0 bridgehead atoms. The van der Waals surface area contributed by atoms with E-state index < -0.39 is 11.4 Å². The van der Waals surface area contributed by atoms with E-state index in [0.717, 1.165) is 22.3 Å². The van der Waals surface area contributed by atoms with Crippen LogP contribution in [-0.2, 0) is 13.0 Å². The molecule has 174 valence electrons. The molecule has 1 atom stereocenters. The Labute approximate surface area is 192 Å². The van der Waals surface area contributed by atoms with Gasteiger partial charge in [-0.3, -0.25) is 9.48 Å². The molecular weight excluding hydrogens is 422 g/mol. The third-order valence-electron chi connectivity index (χ3n) is 6.25. The molecule has 0 spiro atoms. The van der Waals surface area contributed by atoms with Crippen LogP contribution in [0, 0.1) is 5.41 Å². The third kappa shape index (κ3) is 4.18. The molecule has 1 unspecified atom stereocenters. The van der Waals surface area contributed by atoms with E-state index in [2.05, 4.69) is 31.9 Å². The molecule has 3 heterocycles.